The Bertz CT molecular complexity index is 433. The van der Waals surface area contributed by atoms with Gasteiger partial charge in [0, 0.05) is 19.4 Å². The van der Waals surface area contributed by atoms with Crippen LogP contribution in [0, 0.1) is 0 Å². The van der Waals surface area contributed by atoms with Crippen LogP contribution in [0.1, 0.15) is 18.4 Å². The Kier molecular flexibility index (Phi) is 6.87. The Morgan fingerprint density at radius 3 is 2.80 bits per heavy atom. The molecule has 5 heteroatoms. The van der Waals surface area contributed by atoms with Gasteiger partial charge in [-0.3, -0.25) is 4.79 Å². The molecule has 0 saturated carbocycles. The van der Waals surface area contributed by atoms with Crippen molar-refractivity contribution in [3.63, 3.8) is 0 Å². The highest BCUT2D eigenvalue weighted by Crippen LogP contribution is 2.26. The van der Waals surface area contributed by atoms with Crippen molar-refractivity contribution in [2.45, 2.75) is 19.3 Å². The number of ether oxygens (including phenoxy) is 1. The summed E-state index contributed by atoms with van der Waals surface area (Å²) in [4.78, 5) is 13.1. The first kappa shape index (κ1) is 16.3. The number of carbonyl (C=O) groups excluding carboxylic acids is 1. The molecular formula is C15H25N2O3+. The number of nitrogens with one attached hydrogen (secondary N) is 2. The van der Waals surface area contributed by atoms with Crippen LogP contribution in [-0.2, 0) is 11.2 Å². The summed E-state index contributed by atoms with van der Waals surface area (Å²) in [6.45, 7) is 1.78. The van der Waals surface area contributed by atoms with Crippen molar-refractivity contribution in [3.8, 4) is 11.5 Å². The molecule has 0 spiro atoms. The quantitative estimate of drug-likeness (QED) is 0.587. The zero-order valence-corrected chi connectivity index (χ0v) is 12.5. The SMILES string of the molecule is COc1cc(CCC(=O)NCCC[NH+](C)C)ccc1O. The molecular weight excluding hydrogens is 256 g/mol. The largest absolute Gasteiger partial charge is 0.504 e. The lowest BCUT2D eigenvalue weighted by Gasteiger charge is -2.09. The number of amides is 1. The van der Waals surface area contributed by atoms with E-state index in [-0.39, 0.29) is 11.7 Å². The van der Waals surface area contributed by atoms with Gasteiger partial charge in [-0.15, -0.1) is 0 Å². The van der Waals surface area contributed by atoms with E-state index in [1.165, 1.54) is 12.0 Å². The molecule has 0 heterocycles. The first-order valence-corrected chi connectivity index (χ1v) is 6.94. The monoisotopic (exact) mass is 281 g/mol. The van der Waals surface area contributed by atoms with E-state index in [2.05, 4.69) is 19.4 Å². The van der Waals surface area contributed by atoms with Gasteiger partial charge in [0.25, 0.3) is 0 Å². The topological polar surface area (TPSA) is 63.0 Å². The summed E-state index contributed by atoms with van der Waals surface area (Å²) in [5.41, 5.74) is 0.979. The summed E-state index contributed by atoms with van der Waals surface area (Å²) in [5, 5.41) is 12.4. The highest BCUT2D eigenvalue weighted by molar-refractivity contribution is 5.76. The van der Waals surface area contributed by atoms with Crippen LogP contribution >= 0.6 is 0 Å². The first-order valence-electron chi connectivity index (χ1n) is 6.94. The zero-order valence-electron chi connectivity index (χ0n) is 12.5. The number of methoxy groups -OCH3 is 1. The fourth-order valence-corrected chi connectivity index (χ4v) is 1.89. The Balaban J connectivity index is 2.30. The molecule has 0 aromatic heterocycles. The van der Waals surface area contributed by atoms with Crippen LogP contribution in [-0.4, -0.2) is 45.3 Å². The molecule has 0 atom stereocenters. The average molecular weight is 281 g/mol. The highest BCUT2D eigenvalue weighted by Gasteiger charge is 2.06. The standard InChI is InChI=1S/C15H24N2O3/c1-17(2)10-4-9-16-15(19)8-6-12-5-7-13(18)14(11-12)20-3/h5,7,11,18H,4,6,8-10H2,1-3H3,(H,16,19)/p+1. The fraction of sp³-hybridized carbons (Fsp3) is 0.533. The molecule has 1 amide bonds. The second kappa shape index (κ2) is 8.43. The molecule has 0 aliphatic heterocycles. The number of phenolic OH excluding ortho intramolecular Hbond substituents is 1. The van der Waals surface area contributed by atoms with Gasteiger partial charge in [0.15, 0.2) is 11.5 Å². The highest BCUT2D eigenvalue weighted by atomic mass is 16.5. The van der Waals surface area contributed by atoms with Crippen molar-refractivity contribution in [1.29, 1.82) is 0 Å². The molecule has 0 aliphatic rings. The van der Waals surface area contributed by atoms with Crippen LogP contribution in [0.4, 0.5) is 0 Å². The number of carbonyl (C=O) groups is 1. The summed E-state index contributed by atoms with van der Waals surface area (Å²) >= 11 is 0. The van der Waals surface area contributed by atoms with E-state index in [0.29, 0.717) is 18.6 Å². The third-order valence-electron chi connectivity index (χ3n) is 3.06. The average Bonchev–Trinajstić information content (AvgIpc) is 2.42. The molecule has 1 aromatic carbocycles. The molecule has 1 aromatic rings. The maximum Gasteiger partial charge on any atom is 0.220 e. The summed E-state index contributed by atoms with van der Waals surface area (Å²) in [7, 11) is 5.71. The lowest BCUT2D eigenvalue weighted by molar-refractivity contribution is -0.858. The smallest absolute Gasteiger partial charge is 0.220 e. The van der Waals surface area contributed by atoms with Crippen LogP contribution in [0.2, 0.25) is 0 Å². The van der Waals surface area contributed by atoms with Crippen molar-refractivity contribution in [2.24, 2.45) is 0 Å². The van der Waals surface area contributed by atoms with Crippen molar-refractivity contribution in [2.75, 3.05) is 34.3 Å². The predicted octanol–water partition coefficient (Wildman–Crippen LogP) is -0.0158. The van der Waals surface area contributed by atoms with E-state index in [1.807, 2.05) is 0 Å². The molecule has 3 N–H and O–H groups in total. The molecule has 0 fully saturated rings. The van der Waals surface area contributed by atoms with Crippen molar-refractivity contribution < 1.29 is 19.5 Å². The van der Waals surface area contributed by atoms with E-state index < -0.39 is 0 Å². The van der Waals surface area contributed by atoms with Crippen LogP contribution in [0.25, 0.3) is 0 Å². The summed E-state index contributed by atoms with van der Waals surface area (Å²) in [5.74, 6) is 0.620. The molecule has 0 radical (unpaired) electrons. The van der Waals surface area contributed by atoms with E-state index in [9.17, 15) is 9.90 Å². The van der Waals surface area contributed by atoms with E-state index in [4.69, 9.17) is 4.74 Å². The van der Waals surface area contributed by atoms with Crippen molar-refractivity contribution in [3.05, 3.63) is 23.8 Å². The lowest BCUT2D eigenvalue weighted by Crippen LogP contribution is -3.05. The third kappa shape index (κ3) is 5.93. The second-order valence-corrected chi connectivity index (χ2v) is 5.17. The number of phenols is 1. The molecule has 112 valence electrons. The van der Waals surface area contributed by atoms with E-state index in [0.717, 1.165) is 25.1 Å². The first-order chi connectivity index (χ1) is 9.52. The van der Waals surface area contributed by atoms with Gasteiger partial charge in [-0.05, 0) is 24.1 Å². The maximum absolute atomic E-state index is 11.7. The molecule has 0 saturated heterocycles. The molecule has 5 nitrogen and oxygen atoms in total. The van der Waals surface area contributed by atoms with Crippen LogP contribution in [0.15, 0.2) is 18.2 Å². The second-order valence-electron chi connectivity index (χ2n) is 5.17. The van der Waals surface area contributed by atoms with Crippen molar-refractivity contribution in [1.82, 2.24) is 5.32 Å². The van der Waals surface area contributed by atoms with Gasteiger partial charge in [-0.1, -0.05) is 6.07 Å². The Morgan fingerprint density at radius 2 is 2.15 bits per heavy atom. The molecule has 0 aliphatic carbocycles. The number of hydrogen-bond donors (Lipinski definition) is 3. The number of hydrogen-bond acceptors (Lipinski definition) is 3. The van der Waals surface area contributed by atoms with Gasteiger partial charge in [-0.2, -0.15) is 0 Å². The molecule has 1 rings (SSSR count). The van der Waals surface area contributed by atoms with Crippen molar-refractivity contribution >= 4 is 5.91 Å². The minimum atomic E-state index is 0.0609. The van der Waals surface area contributed by atoms with Crippen LogP contribution in [0.3, 0.4) is 0 Å². The zero-order chi connectivity index (χ0) is 15.0. The molecule has 0 bridgehead atoms. The number of aryl methyl sites for hydroxylation is 1. The third-order valence-corrected chi connectivity index (χ3v) is 3.06. The van der Waals surface area contributed by atoms with Crippen LogP contribution < -0.4 is 15.0 Å². The Morgan fingerprint density at radius 1 is 1.40 bits per heavy atom. The normalized spacial score (nSPS) is 10.6. The van der Waals surface area contributed by atoms with E-state index in [1.54, 1.807) is 18.2 Å². The minimum absolute atomic E-state index is 0.0609. The lowest BCUT2D eigenvalue weighted by atomic mass is 10.1. The summed E-state index contributed by atoms with van der Waals surface area (Å²) < 4.78 is 5.04. The van der Waals surface area contributed by atoms with Gasteiger partial charge in [0.2, 0.25) is 5.91 Å². The minimum Gasteiger partial charge on any atom is -0.504 e. The van der Waals surface area contributed by atoms with Gasteiger partial charge in [-0.25, -0.2) is 0 Å². The van der Waals surface area contributed by atoms with Gasteiger partial charge >= 0.3 is 0 Å². The number of rotatable bonds is 8. The van der Waals surface area contributed by atoms with Crippen LogP contribution in [0.5, 0.6) is 11.5 Å². The maximum atomic E-state index is 11.7. The van der Waals surface area contributed by atoms with E-state index >= 15 is 0 Å². The summed E-state index contributed by atoms with van der Waals surface area (Å²) in [6, 6.07) is 5.16. The van der Waals surface area contributed by atoms with Gasteiger partial charge < -0.3 is 20.1 Å². The number of benzene rings is 1. The predicted molar refractivity (Wildman–Crippen MR) is 78.3 cm³/mol. The number of quaternary nitrogens is 1. The Labute approximate surface area is 120 Å². The molecule has 0 unspecified atom stereocenters. The summed E-state index contributed by atoms with van der Waals surface area (Å²) in [6.07, 6.45) is 2.07. The molecule has 20 heavy (non-hydrogen) atoms. The van der Waals surface area contributed by atoms with Gasteiger partial charge in [0.1, 0.15) is 0 Å². The Hall–Kier alpha value is -1.75. The number of aromatic hydroxyl groups is 1. The van der Waals surface area contributed by atoms with Gasteiger partial charge in [0.05, 0.1) is 27.7 Å². The fourth-order valence-electron chi connectivity index (χ4n) is 1.89.